The third-order valence-corrected chi connectivity index (χ3v) is 5.05. The Kier molecular flexibility index (Phi) is 5.92. The zero-order chi connectivity index (χ0) is 17.8. The highest BCUT2D eigenvalue weighted by atomic mass is 35.5. The number of nitrogens with zero attached hydrogens (tertiary/aromatic N) is 1. The predicted octanol–water partition coefficient (Wildman–Crippen LogP) is 5.63. The van der Waals surface area contributed by atoms with Gasteiger partial charge in [-0.25, -0.2) is 9.37 Å². The fourth-order valence-corrected chi connectivity index (χ4v) is 3.25. The van der Waals surface area contributed by atoms with Crippen LogP contribution in [0.5, 0.6) is 0 Å². The molecule has 0 atom stereocenters. The van der Waals surface area contributed by atoms with Crippen molar-refractivity contribution in [3.05, 3.63) is 52.4 Å². The molecule has 0 radical (unpaired) electrons. The number of halogens is 2. The van der Waals surface area contributed by atoms with Gasteiger partial charge in [-0.2, -0.15) is 0 Å². The van der Waals surface area contributed by atoms with Crippen LogP contribution in [0.2, 0.25) is 5.02 Å². The van der Waals surface area contributed by atoms with Crippen LogP contribution in [0.3, 0.4) is 0 Å². The van der Waals surface area contributed by atoms with Gasteiger partial charge in [-0.05, 0) is 66.6 Å². The predicted molar refractivity (Wildman–Crippen MR) is 102 cm³/mol. The summed E-state index contributed by atoms with van der Waals surface area (Å²) in [6, 6.07) is 6.60. The molecule has 0 bridgehead atoms. The minimum Gasteiger partial charge on any atom is -0.338 e. The molecular weight excluding hydrogens is 337 g/mol. The molecule has 1 aliphatic rings. The number of anilines is 2. The summed E-state index contributed by atoms with van der Waals surface area (Å²) in [7, 11) is 0. The van der Waals surface area contributed by atoms with E-state index in [1.165, 1.54) is 36.5 Å². The number of pyridine rings is 1. The average Bonchev–Trinajstić information content (AvgIpc) is 2.53. The number of hydrogen-bond acceptors (Lipinski definition) is 3. The lowest BCUT2D eigenvalue weighted by atomic mass is 9.85. The van der Waals surface area contributed by atoms with Crippen LogP contribution in [-0.4, -0.2) is 11.5 Å². The van der Waals surface area contributed by atoms with Gasteiger partial charge in [0.15, 0.2) is 0 Å². The standard InChI is InChI=1S/C20H25ClFN3/c1-13(2)17-9-20(25-19-7-6-16(21)8-18(19)22)24-12-15(17)11-23-10-14-4-3-5-14/h6-9,12-14,23H,3-5,10-11H2,1-2H3,(H,24,25). The summed E-state index contributed by atoms with van der Waals surface area (Å²) < 4.78 is 14.0. The van der Waals surface area contributed by atoms with Gasteiger partial charge in [-0.15, -0.1) is 0 Å². The maximum absolute atomic E-state index is 14.0. The van der Waals surface area contributed by atoms with Gasteiger partial charge >= 0.3 is 0 Å². The number of benzene rings is 1. The van der Waals surface area contributed by atoms with E-state index in [0.29, 0.717) is 22.4 Å². The van der Waals surface area contributed by atoms with Crippen molar-refractivity contribution in [2.75, 3.05) is 11.9 Å². The minimum absolute atomic E-state index is 0.374. The molecule has 1 saturated carbocycles. The van der Waals surface area contributed by atoms with Crippen molar-refractivity contribution in [1.29, 1.82) is 0 Å². The molecule has 0 amide bonds. The number of nitrogens with one attached hydrogen (secondary N) is 2. The Hall–Kier alpha value is -1.65. The minimum atomic E-state index is -0.383. The number of rotatable bonds is 7. The zero-order valence-electron chi connectivity index (χ0n) is 14.8. The molecule has 0 unspecified atom stereocenters. The summed E-state index contributed by atoms with van der Waals surface area (Å²) >= 11 is 5.80. The van der Waals surface area contributed by atoms with E-state index in [4.69, 9.17) is 11.6 Å². The summed E-state index contributed by atoms with van der Waals surface area (Å²) in [5.74, 6) is 1.47. The molecule has 0 spiro atoms. The van der Waals surface area contributed by atoms with Gasteiger partial charge in [0, 0.05) is 17.8 Å². The quantitative estimate of drug-likeness (QED) is 0.671. The normalized spacial score (nSPS) is 14.6. The molecule has 0 aliphatic heterocycles. The van der Waals surface area contributed by atoms with Crippen LogP contribution in [0.25, 0.3) is 0 Å². The molecule has 1 aliphatic carbocycles. The molecule has 5 heteroatoms. The topological polar surface area (TPSA) is 37.0 Å². The van der Waals surface area contributed by atoms with E-state index in [1.807, 2.05) is 12.3 Å². The second-order valence-corrected chi connectivity index (χ2v) is 7.54. The van der Waals surface area contributed by atoms with Gasteiger partial charge < -0.3 is 10.6 Å². The van der Waals surface area contributed by atoms with E-state index in [1.54, 1.807) is 12.1 Å². The molecule has 0 saturated heterocycles. The molecule has 1 aromatic heterocycles. The summed E-state index contributed by atoms with van der Waals surface area (Å²) in [5, 5.41) is 6.98. The van der Waals surface area contributed by atoms with Crippen LogP contribution in [0.1, 0.15) is 50.2 Å². The molecule has 3 nitrogen and oxygen atoms in total. The molecule has 25 heavy (non-hydrogen) atoms. The largest absolute Gasteiger partial charge is 0.338 e. The van der Waals surface area contributed by atoms with E-state index >= 15 is 0 Å². The van der Waals surface area contributed by atoms with E-state index in [9.17, 15) is 4.39 Å². The summed E-state index contributed by atoms with van der Waals surface area (Å²) in [6.07, 6.45) is 5.95. The van der Waals surface area contributed by atoms with Crippen molar-refractivity contribution < 1.29 is 4.39 Å². The Morgan fingerprint density at radius 2 is 2.08 bits per heavy atom. The third-order valence-electron chi connectivity index (χ3n) is 4.81. The molecule has 1 heterocycles. The smallest absolute Gasteiger partial charge is 0.148 e. The van der Waals surface area contributed by atoms with Gasteiger partial charge in [0.05, 0.1) is 5.69 Å². The van der Waals surface area contributed by atoms with E-state index in [2.05, 4.69) is 29.5 Å². The number of aromatic nitrogens is 1. The van der Waals surface area contributed by atoms with Crippen molar-refractivity contribution in [3.63, 3.8) is 0 Å². The Morgan fingerprint density at radius 3 is 2.72 bits per heavy atom. The number of hydrogen-bond donors (Lipinski definition) is 2. The van der Waals surface area contributed by atoms with Gasteiger partial charge in [0.2, 0.25) is 0 Å². The van der Waals surface area contributed by atoms with Crippen molar-refractivity contribution >= 4 is 23.1 Å². The van der Waals surface area contributed by atoms with Crippen LogP contribution in [0, 0.1) is 11.7 Å². The lowest BCUT2D eigenvalue weighted by Crippen LogP contribution is -2.27. The molecule has 134 valence electrons. The van der Waals surface area contributed by atoms with E-state index in [-0.39, 0.29) is 5.82 Å². The third kappa shape index (κ3) is 4.71. The maximum atomic E-state index is 14.0. The van der Waals surface area contributed by atoms with Crippen LogP contribution < -0.4 is 10.6 Å². The first-order valence-corrected chi connectivity index (χ1v) is 9.32. The first-order valence-electron chi connectivity index (χ1n) is 8.94. The average molecular weight is 362 g/mol. The Morgan fingerprint density at radius 1 is 1.28 bits per heavy atom. The fourth-order valence-electron chi connectivity index (χ4n) is 3.09. The van der Waals surface area contributed by atoms with Gasteiger partial charge in [0.1, 0.15) is 11.6 Å². The monoisotopic (exact) mass is 361 g/mol. The maximum Gasteiger partial charge on any atom is 0.148 e. The molecule has 1 fully saturated rings. The van der Waals surface area contributed by atoms with Crippen LogP contribution in [0.4, 0.5) is 15.9 Å². The van der Waals surface area contributed by atoms with Crippen molar-refractivity contribution in [1.82, 2.24) is 10.3 Å². The van der Waals surface area contributed by atoms with Gasteiger partial charge in [0.25, 0.3) is 0 Å². The SMILES string of the molecule is CC(C)c1cc(Nc2ccc(Cl)cc2F)ncc1CNCC1CCC1. The molecular formula is C20H25ClFN3. The van der Waals surface area contributed by atoms with Gasteiger partial charge in [-0.3, -0.25) is 0 Å². The van der Waals surface area contributed by atoms with Crippen LogP contribution >= 0.6 is 11.6 Å². The molecule has 3 rings (SSSR count). The lowest BCUT2D eigenvalue weighted by Gasteiger charge is -2.25. The Balaban J connectivity index is 1.71. The lowest BCUT2D eigenvalue weighted by molar-refractivity contribution is 0.301. The Labute approximate surface area is 154 Å². The van der Waals surface area contributed by atoms with Crippen LogP contribution in [-0.2, 0) is 6.54 Å². The van der Waals surface area contributed by atoms with Gasteiger partial charge in [-0.1, -0.05) is 31.9 Å². The first-order chi connectivity index (χ1) is 12.0. The summed E-state index contributed by atoms with van der Waals surface area (Å²) in [4.78, 5) is 4.46. The fraction of sp³-hybridized carbons (Fsp3) is 0.450. The van der Waals surface area contributed by atoms with Crippen molar-refractivity contribution in [3.8, 4) is 0 Å². The second kappa shape index (κ2) is 8.15. The first kappa shape index (κ1) is 18.2. The Bertz CT molecular complexity index is 729. The zero-order valence-corrected chi connectivity index (χ0v) is 15.5. The molecule has 1 aromatic carbocycles. The highest BCUT2D eigenvalue weighted by Gasteiger charge is 2.17. The van der Waals surface area contributed by atoms with Crippen molar-refractivity contribution in [2.45, 2.75) is 45.6 Å². The summed E-state index contributed by atoms with van der Waals surface area (Å²) in [6.45, 7) is 6.23. The molecule has 2 aromatic rings. The van der Waals surface area contributed by atoms with Crippen molar-refractivity contribution in [2.24, 2.45) is 5.92 Å². The highest BCUT2D eigenvalue weighted by molar-refractivity contribution is 6.30. The van der Waals surface area contributed by atoms with E-state index in [0.717, 1.165) is 19.0 Å². The summed E-state index contributed by atoms with van der Waals surface area (Å²) in [5.41, 5.74) is 2.81. The highest BCUT2D eigenvalue weighted by Crippen LogP contribution is 2.27. The van der Waals surface area contributed by atoms with E-state index < -0.39 is 0 Å². The van der Waals surface area contributed by atoms with Crippen LogP contribution in [0.15, 0.2) is 30.5 Å². The second-order valence-electron chi connectivity index (χ2n) is 7.10. The molecule has 2 N–H and O–H groups in total.